The van der Waals surface area contributed by atoms with Crippen molar-refractivity contribution in [2.75, 3.05) is 6.61 Å². The molecule has 3 aromatic carbocycles. The van der Waals surface area contributed by atoms with Crippen LogP contribution in [0.5, 0.6) is 5.75 Å². The molecule has 5 heteroatoms. The van der Waals surface area contributed by atoms with E-state index in [0.29, 0.717) is 23.5 Å². The second-order valence-corrected chi connectivity index (χ2v) is 7.81. The molecule has 168 valence electrons. The molecule has 32 heavy (non-hydrogen) atoms. The first kappa shape index (κ1) is 23.5. The molecule has 0 fully saturated rings. The highest BCUT2D eigenvalue weighted by Crippen LogP contribution is 2.32. The predicted octanol–water partition coefficient (Wildman–Crippen LogP) is 7.74. The highest BCUT2D eigenvalue weighted by Gasteiger charge is 2.16. The Morgan fingerprint density at radius 2 is 1.25 bits per heavy atom. The molecule has 0 aromatic heterocycles. The number of hydrogen-bond acceptors (Lipinski definition) is 2. The number of halogens is 2. The van der Waals surface area contributed by atoms with E-state index in [2.05, 4.69) is 6.92 Å². The van der Waals surface area contributed by atoms with Crippen LogP contribution in [-0.2, 0) is 0 Å². The normalized spacial score (nSPS) is 10.8. The van der Waals surface area contributed by atoms with Gasteiger partial charge in [0.15, 0.2) is 11.6 Å². The lowest BCUT2D eigenvalue weighted by atomic mass is 9.98. The van der Waals surface area contributed by atoms with Crippen LogP contribution in [0.4, 0.5) is 8.78 Å². The first-order chi connectivity index (χ1) is 15.5. The summed E-state index contributed by atoms with van der Waals surface area (Å²) in [5.74, 6) is -2.27. The number of benzene rings is 3. The Bertz CT molecular complexity index is 1030. The Kier molecular flexibility index (Phi) is 8.37. The van der Waals surface area contributed by atoms with Crippen LogP contribution >= 0.6 is 0 Å². The zero-order chi connectivity index (χ0) is 22.9. The van der Waals surface area contributed by atoms with Crippen molar-refractivity contribution in [3.8, 4) is 28.0 Å². The molecule has 0 unspecified atom stereocenters. The van der Waals surface area contributed by atoms with Crippen molar-refractivity contribution in [3.63, 3.8) is 0 Å². The first-order valence-electron chi connectivity index (χ1n) is 11.1. The summed E-state index contributed by atoms with van der Waals surface area (Å²) >= 11 is 0. The standard InChI is InChI=1S/C27H28F2O3/c1-2-3-4-5-6-7-18-32-22-14-12-20(13-15-22)24-17-16-23(25(28)26(24)29)19-8-10-21(11-9-19)27(30)31/h8-17H,2-7,18H2,1H3,(H,30,31). The van der Waals surface area contributed by atoms with Crippen molar-refractivity contribution in [1.29, 1.82) is 0 Å². The van der Waals surface area contributed by atoms with Gasteiger partial charge in [-0.3, -0.25) is 0 Å². The lowest BCUT2D eigenvalue weighted by Gasteiger charge is -2.11. The number of rotatable bonds is 11. The number of carbonyl (C=O) groups is 1. The molecule has 0 saturated carbocycles. The molecule has 0 saturated heterocycles. The molecule has 0 bridgehead atoms. The van der Waals surface area contributed by atoms with Crippen LogP contribution in [-0.4, -0.2) is 17.7 Å². The minimum Gasteiger partial charge on any atom is -0.494 e. The van der Waals surface area contributed by atoms with Crippen molar-refractivity contribution in [2.24, 2.45) is 0 Å². The number of carboxylic acids is 1. The van der Waals surface area contributed by atoms with Crippen LogP contribution in [0.1, 0.15) is 55.8 Å². The topological polar surface area (TPSA) is 46.5 Å². The van der Waals surface area contributed by atoms with Gasteiger partial charge in [-0.15, -0.1) is 0 Å². The zero-order valence-electron chi connectivity index (χ0n) is 18.2. The Morgan fingerprint density at radius 3 is 1.78 bits per heavy atom. The van der Waals surface area contributed by atoms with E-state index in [1.165, 1.54) is 62.1 Å². The van der Waals surface area contributed by atoms with E-state index in [0.717, 1.165) is 12.8 Å². The van der Waals surface area contributed by atoms with E-state index in [1.54, 1.807) is 24.3 Å². The number of aromatic carboxylic acids is 1. The van der Waals surface area contributed by atoms with Gasteiger partial charge in [-0.25, -0.2) is 13.6 Å². The molecule has 0 aliphatic carbocycles. The van der Waals surface area contributed by atoms with Gasteiger partial charge in [0.05, 0.1) is 12.2 Å². The number of ether oxygens (including phenoxy) is 1. The lowest BCUT2D eigenvalue weighted by molar-refractivity contribution is 0.0697. The average molecular weight is 439 g/mol. The minimum absolute atomic E-state index is 0.0853. The van der Waals surface area contributed by atoms with E-state index in [-0.39, 0.29) is 16.7 Å². The Hall–Kier alpha value is -3.21. The SMILES string of the molecule is CCCCCCCCOc1ccc(-c2ccc(-c3ccc(C(=O)O)cc3)c(F)c2F)cc1. The highest BCUT2D eigenvalue weighted by atomic mass is 19.2. The van der Waals surface area contributed by atoms with Gasteiger partial charge in [-0.05, 0) is 41.8 Å². The van der Waals surface area contributed by atoms with E-state index in [9.17, 15) is 13.6 Å². The summed E-state index contributed by atoms with van der Waals surface area (Å²) in [7, 11) is 0. The van der Waals surface area contributed by atoms with E-state index < -0.39 is 17.6 Å². The maximum atomic E-state index is 14.8. The Balaban J connectivity index is 1.65. The summed E-state index contributed by atoms with van der Waals surface area (Å²) in [5, 5.41) is 8.98. The molecule has 3 rings (SSSR count). The van der Waals surface area contributed by atoms with Crippen molar-refractivity contribution in [3.05, 3.63) is 77.9 Å². The fraction of sp³-hybridized carbons (Fsp3) is 0.296. The van der Waals surface area contributed by atoms with Gasteiger partial charge in [0.25, 0.3) is 0 Å². The summed E-state index contributed by atoms with van der Waals surface area (Å²) in [6.07, 6.45) is 7.14. The lowest BCUT2D eigenvalue weighted by Crippen LogP contribution is -1.98. The summed E-state index contributed by atoms with van der Waals surface area (Å²) in [6.45, 7) is 2.84. The zero-order valence-corrected chi connectivity index (χ0v) is 18.2. The van der Waals surface area contributed by atoms with Crippen molar-refractivity contribution in [2.45, 2.75) is 45.4 Å². The smallest absolute Gasteiger partial charge is 0.335 e. The Labute approximate surface area is 187 Å². The summed E-state index contributed by atoms with van der Waals surface area (Å²) in [4.78, 5) is 11.0. The second kappa shape index (κ2) is 11.4. The predicted molar refractivity (Wildman–Crippen MR) is 123 cm³/mol. The van der Waals surface area contributed by atoms with Crippen molar-refractivity contribution < 1.29 is 23.4 Å². The van der Waals surface area contributed by atoms with Gasteiger partial charge in [-0.2, -0.15) is 0 Å². The first-order valence-corrected chi connectivity index (χ1v) is 11.1. The fourth-order valence-corrected chi connectivity index (χ4v) is 3.59. The van der Waals surface area contributed by atoms with Crippen LogP contribution in [0, 0.1) is 11.6 Å². The quantitative estimate of drug-likeness (QED) is 0.312. The molecule has 3 nitrogen and oxygen atoms in total. The van der Waals surface area contributed by atoms with E-state index >= 15 is 0 Å². The van der Waals surface area contributed by atoms with Crippen LogP contribution in [0.25, 0.3) is 22.3 Å². The highest BCUT2D eigenvalue weighted by molar-refractivity contribution is 5.88. The molecule has 0 atom stereocenters. The molecule has 0 heterocycles. The molecule has 0 radical (unpaired) electrons. The van der Waals surface area contributed by atoms with Crippen molar-refractivity contribution in [1.82, 2.24) is 0 Å². The van der Waals surface area contributed by atoms with Crippen LogP contribution in [0.3, 0.4) is 0 Å². The third-order valence-electron chi connectivity index (χ3n) is 5.46. The molecule has 0 aliphatic rings. The second-order valence-electron chi connectivity index (χ2n) is 7.81. The van der Waals surface area contributed by atoms with Crippen LogP contribution in [0.2, 0.25) is 0 Å². The largest absolute Gasteiger partial charge is 0.494 e. The van der Waals surface area contributed by atoms with Gasteiger partial charge in [0.1, 0.15) is 5.75 Å². The molecule has 0 spiro atoms. The summed E-state index contributed by atoms with van der Waals surface area (Å²) < 4.78 is 35.3. The summed E-state index contributed by atoms with van der Waals surface area (Å²) in [5.41, 5.74) is 1.31. The van der Waals surface area contributed by atoms with Gasteiger partial charge >= 0.3 is 5.97 Å². The maximum Gasteiger partial charge on any atom is 0.335 e. The van der Waals surface area contributed by atoms with Gasteiger partial charge < -0.3 is 9.84 Å². The number of carboxylic acid groups (broad SMARTS) is 1. The third kappa shape index (κ3) is 5.94. The van der Waals surface area contributed by atoms with Crippen LogP contribution in [0.15, 0.2) is 60.7 Å². The number of unbranched alkanes of at least 4 members (excludes halogenated alkanes) is 5. The van der Waals surface area contributed by atoms with Crippen molar-refractivity contribution >= 4 is 5.97 Å². The van der Waals surface area contributed by atoms with E-state index in [1.807, 2.05) is 0 Å². The van der Waals surface area contributed by atoms with Gasteiger partial charge in [-0.1, -0.05) is 75.4 Å². The maximum absolute atomic E-state index is 14.8. The van der Waals surface area contributed by atoms with Crippen LogP contribution < -0.4 is 4.74 Å². The van der Waals surface area contributed by atoms with Gasteiger partial charge in [0, 0.05) is 11.1 Å². The molecule has 0 amide bonds. The third-order valence-corrected chi connectivity index (χ3v) is 5.46. The Morgan fingerprint density at radius 1 is 0.750 bits per heavy atom. The molecule has 3 aromatic rings. The molecular formula is C27H28F2O3. The summed E-state index contributed by atoms with van der Waals surface area (Å²) in [6, 6.07) is 15.7. The van der Waals surface area contributed by atoms with Gasteiger partial charge in [0.2, 0.25) is 0 Å². The monoisotopic (exact) mass is 438 g/mol. The minimum atomic E-state index is -1.07. The number of hydrogen-bond donors (Lipinski definition) is 1. The molecular weight excluding hydrogens is 410 g/mol. The average Bonchev–Trinajstić information content (AvgIpc) is 2.81. The molecule has 0 aliphatic heterocycles. The fourth-order valence-electron chi connectivity index (χ4n) is 3.59. The molecule has 1 N–H and O–H groups in total. The van der Waals surface area contributed by atoms with E-state index in [4.69, 9.17) is 9.84 Å².